The van der Waals surface area contributed by atoms with E-state index in [-0.39, 0.29) is 18.6 Å². The van der Waals surface area contributed by atoms with Crippen LogP contribution in [0.4, 0.5) is 0 Å². The maximum absolute atomic E-state index is 8.82. The lowest BCUT2D eigenvalue weighted by Gasteiger charge is -2.00. The number of hydrogen-bond acceptors (Lipinski definition) is 2. The Morgan fingerprint density at radius 2 is 2.00 bits per heavy atom. The zero-order chi connectivity index (χ0) is 7.98. The van der Waals surface area contributed by atoms with Crippen LogP contribution in [0.5, 0.6) is 0 Å². The Morgan fingerprint density at radius 1 is 1.40 bits per heavy atom. The summed E-state index contributed by atoms with van der Waals surface area (Å²) in [5, 5.41) is 17.4. The van der Waals surface area contributed by atoms with Crippen LogP contribution in [-0.4, -0.2) is 22.9 Å². The molecule has 10 heavy (non-hydrogen) atoms. The van der Waals surface area contributed by atoms with Crippen LogP contribution in [0.15, 0.2) is 12.2 Å². The molecule has 2 atom stereocenters. The van der Waals surface area contributed by atoms with Gasteiger partial charge in [-0.25, -0.2) is 0 Å². The van der Waals surface area contributed by atoms with E-state index in [1.54, 1.807) is 6.92 Å². The molecule has 0 aliphatic carbocycles. The highest BCUT2D eigenvalue weighted by Crippen LogP contribution is 1.98. The summed E-state index contributed by atoms with van der Waals surface area (Å²) in [5.74, 6) is 0.207. The average molecular weight is 144 g/mol. The van der Waals surface area contributed by atoms with E-state index in [1.807, 2.05) is 19.1 Å². The van der Waals surface area contributed by atoms with Crippen molar-refractivity contribution in [1.82, 2.24) is 0 Å². The third-order valence-electron chi connectivity index (χ3n) is 1.23. The summed E-state index contributed by atoms with van der Waals surface area (Å²) in [7, 11) is 0. The maximum Gasteiger partial charge on any atom is 0.0546 e. The van der Waals surface area contributed by atoms with E-state index in [2.05, 4.69) is 0 Å². The van der Waals surface area contributed by atoms with Crippen LogP contribution >= 0.6 is 0 Å². The lowest BCUT2D eigenvalue weighted by atomic mass is 10.1. The van der Waals surface area contributed by atoms with Crippen molar-refractivity contribution in [2.75, 3.05) is 6.61 Å². The Bertz CT molecular complexity index is 97.4. The average Bonchev–Trinajstić information content (AvgIpc) is 1.87. The summed E-state index contributed by atoms with van der Waals surface area (Å²) in [5.41, 5.74) is 0. The number of aliphatic hydroxyl groups excluding tert-OH is 2. The minimum absolute atomic E-state index is 0.177. The molecule has 0 bridgehead atoms. The predicted octanol–water partition coefficient (Wildman–Crippen LogP) is 0.942. The molecule has 0 aromatic carbocycles. The van der Waals surface area contributed by atoms with Crippen molar-refractivity contribution in [1.29, 1.82) is 0 Å². The van der Waals surface area contributed by atoms with Crippen LogP contribution in [0.25, 0.3) is 0 Å². The van der Waals surface area contributed by atoms with Gasteiger partial charge in [0.15, 0.2) is 0 Å². The molecule has 0 aromatic heterocycles. The van der Waals surface area contributed by atoms with Gasteiger partial charge in [0, 0.05) is 6.61 Å². The van der Waals surface area contributed by atoms with Crippen LogP contribution in [-0.2, 0) is 0 Å². The van der Waals surface area contributed by atoms with Gasteiger partial charge in [-0.2, -0.15) is 0 Å². The van der Waals surface area contributed by atoms with Crippen molar-refractivity contribution in [2.45, 2.75) is 26.4 Å². The quantitative estimate of drug-likeness (QED) is 0.576. The molecular weight excluding hydrogens is 128 g/mol. The van der Waals surface area contributed by atoms with Crippen LogP contribution in [0.2, 0.25) is 0 Å². The molecule has 0 spiro atoms. The molecule has 2 heteroatoms. The molecule has 0 amide bonds. The normalized spacial score (nSPS) is 17.6. The first-order valence-corrected chi connectivity index (χ1v) is 3.62. The fraction of sp³-hybridized carbons (Fsp3) is 0.750. The third kappa shape index (κ3) is 5.79. The van der Waals surface area contributed by atoms with Gasteiger partial charge in [0.1, 0.15) is 0 Å². The number of aliphatic hydroxyl groups is 2. The van der Waals surface area contributed by atoms with E-state index < -0.39 is 0 Å². The minimum atomic E-state index is -0.276. The van der Waals surface area contributed by atoms with E-state index >= 15 is 0 Å². The molecule has 0 saturated heterocycles. The Hall–Kier alpha value is -0.340. The molecule has 0 aromatic rings. The summed E-state index contributed by atoms with van der Waals surface area (Å²) in [6.45, 7) is 3.85. The third-order valence-corrected chi connectivity index (χ3v) is 1.23. The SMILES string of the molecule is CC(O)CC=CC(C)CO. The van der Waals surface area contributed by atoms with Crippen molar-refractivity contribution >= 4 is 0 Å². The monoisotopic (exact) mass is 144 g/mol. The molecule has 2 nitrogen and oxygen atoms in total. The van der Waals surface area contributed by atoms with E-state index in [0.717, 1.165) is 0 Å². The van der Waals surface area contributed by atoms with Crippen molar-refractivity contribution in [3.05, 3.63) is 12.2 Å². The second-order valence-electron chi connectivity index (χ2n) is 2.67. The van der Waals surface area contributed by atoms with Crippen LogP contribution < -0.4 is 0 Å². The van der Waals surface area contributed by atoms with E-state index in [4.69, 9.17) is 10.2 Å². The topological polar surface area (TPSA) is 40.5 Å². The smallest absolute Gasteiger partial charge is 0.0546 e. The maximum atomic E-state index is 8.82. The van der Waals surface area contributed by atoms with Gasteiger partial charge in [-0.1, -0.05) is 19.1 Å². The number of hydrogen-bond donors (Lipinski definition) is 2. The van der Waals surface area contributed by atoms with E-state index in [1.165, 1.54) is 0 Å². The largest absolute Gasteiger partial charge is 0.396 e. The summed E-state index contributed by atoms with van der Waals surface area (Å²) in [4.78, 5) is 0. The lowest BCUT2D eigenvalue weighted by Crippen LogP contribution is -1.98. The summed E-state index contributed by atoms with van der Waals surface area (Å²) in [6.07, 6.45) is 4.20. The molecule has 0 aliphatic rings. The van der Waals surface area contributed by atoms with Gasteiger partial charge in [0.05, 0.1) is 6.10 Å². The van der Waals surface area contributed by atoms with E-state index in [0.29, 0.717) is 6.42 Å². The zero-order valence-electron chi connectivity index (χ0n) is 6.62. The Morgan fingerprint density at radius 3 is 2.40 bits per heavy atom. The highest BCUT2D eigenvalue weighted by molar-refractivity contribution is 4.87. The van der Waals surface area contributed by atoms with Gasteiger partial charge < -0.3 is 10.2 Å². The molecule has 60 valence electrons. The van der Waals surface area contributed by atoms with Crippen LogP contribution in [0.1, 0.15) is 20.3 Å². The zero-order valence-corrected chi connectivity index (χ0v) is 6.62. The Kier molecular flexibility index (Phi) is 5.26. The summed E-state index contributed by atoms with van der Waals surface area (Å²) >= 11 is 0. The summed E-state index contributed by atoms with van der Waals surface area (Å²) in [6, 6.07) is 0. The molecule has 0 aliphatic heterocycles. The van der Waals surface area contributed by atoms with Gasteiger partial charge in [0.25, 0.3) is 0 Å². The van der Waals surface area contributed by atoms with Crippen molar-refractivity contribution < 1.29 is 10.2 Å². The summed E-state index contributed by atoms with van der Waals surface area (Å²) < 4.78 is 0. The van der Waals surface area contributed by atoms with Crippen molar-refractivity contribution in [2.24, 2.45) is 5.92 Å². The standard InChI is InChI=1S/C8H16O2/c1-7(6-9)4-3-5-8(2)10/h3-4,7-10H,5-6H2,1-2H3. The molecule has 2 unspecified atom stereocenters. The first-order chi connectivity index (χ1) is 4.66. The lowest BCUT2D eigenvalue weighted by molar-refractivity contribution is 0.198. The molecular formula is C8H16O2. The molecule has 0 rings (SSSR count). The van der Waals surface area contributed by atoms with Gasteiger partial charge in [-0.15, -0.1) is 0 Å². The highest BCUT2D eigenvalue weighted by atomic mass is 16.3. The van der Waals surface area contributed by atoms with Crippen molar-refractivity contribution in [3.8, 4) is 0 Å². The second kappa shape index (κ2) is 5.45. The van der Waals surface area contributed by atoms with Crippen LogP contribution in [0.3, 0.4) is 0 Å². The molecule has 0 radical (unpaired) electrons. The first kappa shape index (κ1) is 9.66. The Labute approximate surface area is 62.2 Å². The molecule has 0 saturated carbocycles. The van der Waals surface area contributed by atoms with Gasteiger partial charge >= 0.3 is 0 Å². The highest BCUT2D eigenvalue weighted by Gasteiger charge is 1.92. The minimum Gasteiger partial charge on any atom is -0.396 e. The van der Waals surface area contributed by atoms with Crippen LogP contribution in [0, 0.1) is 5.92 Å². The molecule has 0 fully saturated rings. The van der Waals surface area contributed by atoms with Gasteiger partial charge in [0.2, 0.25) is 0 Å². The first-order valence-electron chi connectivity index (χ1n) is 3.62. The van der Waals surface area contributed by atoms with Gasteiger partial charge in [-0.3, -0.25) is 0 Å². The molecule has 0 heterocycles. The fourth-order valence-corrected chi connectivity index (χ4v) is 0.569. The Balaban J connectivity index is 3.36. The second-order valence-corrected chi connectivity index (χ2v) is 2.67. The van der Waals surface area contributed by atoms with E-state index in [9.17, 15) is 0 Å². The predicted molar refractivity (Wildman–Crippen MR) is 41.7 cm³/mol. The number of rotatable bonds is 4. The fourth-order valence-electron chi connectivity index (χ4n) is 0.569. The van der Waals surface area contributed by atoms with Gasteiger partial charge in [-0.05, 0) is 19.3 Å². The van der Waals surface area contributed by atoms with Crippen molar-refractivity contribution in [3.63, 3.8) is 0 Å². The molecule has 2 N–H and O–H groups in total.